The van der Waals surface area contributed by atoms with E-state index in [9.17, 15) is 0 Å². The maximum absolute atomic E-state index is 4.47. The van der Waals surface area contributed by atoms with E-state index < -0.39 is 0 Å². The number of hydrogen-bond acceptors (Lipinski definition) is 4. The van der Waals surface area contributed by atoms with Gasteiger partial charge in [0.25, 0.3) is 0 Å². The molecule has 0 saturated carbocycles. The summed E-state index contributed by atoms with van der Waals surface area (Å²) in [5.74, 6) is 0. The summed E-state index contributed by atoms with van der Waals surface area (Å²) in [5.41, 5.74) is 5.10. The molecule has 0 unspecified atom stereocenters. The van der Waals surface area contributed by atoms with Crippen molar-refractivity contribution in [3.63, 3.8) is 0 Å². The van der Waals surface area contributed by atoms with Gasteiger partial charge in [-0.3, -0.25) is 5.43 Å². The monoisotopic (exact) mass is 505 g/mol. The second-order valence-electron chi connectivity index (χ2n) is 4.02. The molecule has 0 aliphatic rings. The summed E-state index contributed by atoms with van der Waals surface area (Å²) in [4.78, 5) is 4.47. The van der Waals surface area contributed by atoms with Crippen molar-refractivity contribution in [3.05, 3.63) is 55.2 Å². The molecule has 1 heterocycles. The minimum absolute atomic E-state index is 0.808. The van der Waals surface area contributed by atoms with Crippen molar-refractivity contribution >= 4 is 78.1 Å². The number of halogens is 2. The van der Waals surface area contributed by atoms with Gasteiger partial charge in [-0.15, -0.1) is 0 Å². The molecule has 20 heavy (non-hydrogen) atoms. The Labute approximate surface area is 147 Å². The van der Waals surface area contributed by atoms with Crippen LogP contribution in [0.3, 0.4) is 0 Å². The number of para-hydroxylation sites is 1. The highest BCUT2D eigenvalue weighted by Gasteiger charge is 2.01. The second-order valence-corrected chi connectivity index (χ2v) is 7.46. The summed E-state index contributed by atoms with van der Waals surface area (Å²) in [6.07, 6.45) is 1.83. The predicted molar refractivity (Wildman–Crippen MR) is 103 cm³/mol. The molecule has 0 radical (unpaired) electrons. The lowest BCUT2D eigenvalue weighted by Crippen LogP contribution is -1.92. The normalized spacial score (nSPS) is 11.3. The largest absolute Gasteiger partial charge is 0.253 e. The van der Waals surface area contributed by atoms with Crippen molar-refractivity contribution in [2.45, 2.75) is 0 Å². The fourth-order valence-electron chi connectivity index (χ4n) is 1.69. The molecule has 0 saturated heterocycles. The lowest BCUT2D eigenvalue weighted by Gasteiger charge is -1.99. The van der Waals surface area contributed by atoms with Crippen molar-refractivity contribution in [2.24, 2.45) is 5.10 Å². The Morgan fingerprint density at radius 1 is 1.15 bits per heavy atom. The standard InChI is InChI=1S/C14H9I2N3S/c15-10-5-6-11(16)9(7-10)8-17-19-14-18-12-3-1-2-4-13(12)20-14/h1-8H,(H,18,19)/b17-8+. The number of hydrogen-bond donors (Lipinski definition) is 1. The highest BCUT2D eigenvalue weighted by atomic mass is 127. The lowest BCUT2D eigenvalue weighted by atomic mass is 10.2. The third-order valence-corrected chi connectivity index (χ3v) is 5.21. The summed E-state index contributed by atoms with van der Waals surface area (Å²) in [6.45, 7) is 0. The SMILES string of the molecule is Ic1ccc(I)c(/C=N/Nc2nc3ccccc3s2)c1. The molecule has 6 heteroatoms. The average Bonchev–Trinajstić information content (AvgIpc) is 2.85. The number of benzene rings is 2. The number of nitrogens with zero attached hydrogens (tertiary/aromatic N) is 2. The molecule has 0 aliphatic carbocycles. The Morgan fingerprint density at radius 3 is 2.85 bits per heavy atom. The Morgan fingerprint density at radius 2 is 2.00 bits per heavy atom. The summed E-state index contributed by atoms with van der Waals surface area (Å²) >= 11 is 6.21. The number of anilines is 1. The van der Waals surface area contributed by atoms with E-state index >= 15 is 0 Å². The first kappa shape index (κ1) is 14.2. The van der Waals surface area contributed by atoms with Crippen LogP contribution >= 0.6 is 56.5 Å². The van der Waals surface area contributed by atoms with Gasteiger partial charge in [-0.05, 0) is 75.5 Å². The molecule has 0 aliphatic heterocycles. The number of fused-ring (bicyclic) bond motifs is 1. The van der Waals surface area contributed by atoms with Crippen LogP contribution in [0.2, 0.25) is 0 Å². The summed E-state index contributed by atoms with van der Waals surface area (Å²) < 4.78 is 3.54. The topological polar surface area (TPSA) is 37.3 Å². The third-order valence-electron chi connectivity index (χ3n) is 2.62. The van der Waals surface area contributed by atoms with Crippen LogP contribution in [0.4, 0.5) is 5.13 Å². The molecule has 1 aromatic heterocycles. The molecule has 3 aromatic rings. The quantitative estimate of drug-likeness (QED) is 0.311. The molecule has 0 amide bonds. The van der Waals surface area contributed by atoms with Gasteiger partial charge in [0.1, 0.15) is 0 Å². The first-order chi connectivity index (χ1) is 9.72. The van der Waals surface area contributed by atoms with Gasteiger partial charge >= 0.3 is 0 Å². The van der Waals surface area contributed by atoms with Gasteiger partial charge in [0.2, 0.25) is 5.13 Å². The molecule has 100 valence electrons. The first-order valence-corrected chi connectivity index (χ1v) is 8.79. The summed E-state index contributed by atoms with van der Waals surface area (Å²) in [7, 11) is 0. The van der Waals surface area contributed by atoms with Crippen molar-refractivity contribution in [1.82, 2.24) is 4.98 Å². The lowest BCUT2D eigenvalue weighted by molar-refractivity contribution is 1.31. The van der Waals surface area contributed by atoms with Gasteiger partial charge in [0.15, 0.2) is 0 Å². The van der Waals surface area contributed by atoms with Crippen LogP contribution in [0, 0.1) is 7.14 Å². The van der Waals surface area contributed by atoms with E-state index in [1.807, 2.05) is 24.4 Å². The number of hydrazone groups is 1. The molecule has 3 nitrogen and oxygen atoms in total. The third kappa shape index (κ3) is 3.29. The predicted octanol–water partition coefficient (Wildman–Crippen LogP) is 4.95. The number of nitrogens with one attached hydrogen (secondary N) is 1. The zero-order valence-corrected chi connectivity index (χ0v) is 15.3. The number of thiazole rings is 1. The van der Waals surface area contributed by atoms with E-state index in [4.69, 9.17) is 0 Å². The molecular formula is C14H9I2N3S. The van der Waals surface area contributed by atoms with Crippen LogP contribution in [0.25, 0.3) is 10.2 Å². The minimum Gasteiger partial charge on any atom is -0.253 e. The van der Waals surface area contributed by atoms with Crippen molar-refractivity contribution in [3.8, 4) is 0 Å². The van der Waals surface area contributed by atoms with Crippen molar-refractivity contribution in [2.75, 3.05) is 5.43 Å². The van der Waals surface area contributed by atoms with Gasteiger partial charge in [0, 0.05) is 12.7 Å². The summed E-state index contributed by atoms with van der Waals surface area (Å²) in [5, 5.41) is 5.08. The van der Waals surface area contributed by atoms with Crippen molar-refractivity contribution < 1.29 is 0 Å². The van der Waals surface area contributed by atoms with Crippen LogP contribution < -0.4 is 5.43 Å². The molecular weight excluding hydrogens is 496 g/mol. The fourth-order valence-corrected chi connectivity index (χ4v) is 3.50. The molecule has 3 rings (SSSR count). The smallest absolute Gasteiger partial charge is 0.204 e. The van der Waals surface area contributed by atoms with Gasteiger partial charge in [-0.2, -0.15) is 5.10 Å². The first-order valence-electron chi connectivity index (χ1n) is 5.82. The molecule has 0 fully saturated rings. The highest BCUT2D eigenvalue weighted by molar-refractivity contribution is 14.1. The van der Waals surface area contributed by atoms with Crippen LogP contribution in [-0.2, 0) is 0 Å². The van der Waals surface area contributed by atoms with E-state index in [1.165, 1.54) is 7.14 Å². The van der Waals surface area contributed by atoms with Crippen LogP contribution in [-0.4, -0.2) is 11.2 Å². The van der Waals surface area contributed by atoms with Crippen LogP contribution in [0.5, 0.6) is 0 Å². The molecule has 0 spiro atoms. The number of aromatic nitrogens is 1. The maximum Gasteiger partial charge on any atom is 0.204 e. The zero-order chi connectivity index (χ0) is 13.9. The van der Waals surface area contributed by atoms with E-state index in [2.05, 4.69) is 85.0 Å². The number of rotatable bonds is 3. The molecule has 0 bridgehead atoms. The average molecular weight is 505 g/mol. The van der Waals surface area contributed by atoms with Gasteiger partial charge in [0.05, 0.1) is 16.4 Å². The van der Waals surface area contributed by atoms with Gasteiger partial charge in [-0.25, -0.2) is 4.98 Å². The Balaban J connectivity index is 1.78. The van der Waals surface area contributed by atoms with Gasteiger partial charge in [-0.1, -0.05) is 23.5 Å². The zero-order valence-electron chi connectivity index (χ0n) is 10.2. The van der Waals surface area contributed by atoms with E-state index in [1.54, 1.807) is 11.3 Å². The Bertz CT molecular complexity index is 750. The summed E-state index contributed by atoms with van der Waals surface area (Å²) in [6, 6.07) is 14.3. The van der Waals surface area contributed by atoms with Crippen LogP contribution in [0.15, 0.2) is 47.6 Å². The molecule has 0 atom stereocenters. The fraction of sp³-hybridized carbons (Fsp3) is 0. The maximum atomic E-state index is 4.47. The second kappa shape index (κ2) is 6.35. The van der Waals surface area contributed by atoms with E-state index in [0.717, 1.165) is 20.9 Å². The van der Waals surface area contributed by atoms with Crippen molar-refractivity contribution in [1.29, 1.82) is 0 Å². The Kier molecular flexibility index (Phi) is 4.51. The molecule has 2 aromatic carbocycles. The van der Waals surface area contributed by atoms with Crippen LogP contribution in [0.1, 0.15) is 5.56 Å². The minimum atomic E-state index is 0.808. The Hall–Kier alpha value is -0.740. The molecule has 1 N–H and O–H groups in total. The highest BCUT2D eigenvalue weighted by Crippen LogP contribution is 2.25. The van der Waals surface area contributed by atoms with Gasteiger partial charge < -0.3 is 0 Å². The van der Waals surface area contributed by atoms with E-state index in [0.29, 0.717) is 0 Å². The van der Waals surface area contributed by atoms with E-state index in [-0.39, 0.29) is 0 Å².